The number of thiophene rings is 1. The molecule has 1 atom stereocenters. The monoisotopic (exact) mass is 396 g/mol. The number of esters is 1. The van der Waals surface area contributed by atoms with Gasteiger partial charge in [0.15, 0.2) is 13.1 Å². The number of hydrogen-bond acceptors (Lipinski definition) is 5. The van der Waals surface area contributed by atoms with Crippen molar-refractivity contribution in [3.8, 4) is 0 Å². The molecule has 1 aliphatic rings. The molecule has 27 heavy (non-hydrogen) atoms. The highest BCUT2D eigenvalue weighted by molar-refractivity contribution is 7.15. The van der Waals surface area contributed by atoms with Gasteiger partial charge in [-0.25, -0.2) is 4.79 Å². The summed E-state index contributed by atoms with van der Waals surface area (Å²) in [6, 6.07) is 0.316. The highest BCUT2D eigenvalue weighted by atomic mass is 32.1. The number of quaternary nitrogens is 1. The van der Waals surface area contributed by atoms with Crippen LogP contribution in [0.1, 0.15) is 49.5 Å². The van der Waals surface area contributed by atoms with Gasteiger partial charge in [0.05, 0.1) is 19.2 Å². The smallest absolute Gasteiger partial charge is 0.341 e. The summed E-state index contributed by atoms with van der Waals surface area (Å²) in [5.41, 5.74) is 1.35. The van der Waals surface area contributed by atoms with Crippen LogP contribution in [0.15, 0.2) is 5.38 Å². The van der Waals surface area contributed by atoms with E-state index >= 15 is 0 Å². The molecule has 1 aromatic rings. The molecule has 1 fully saturated rings. The van der Waals surface area contributed by atoms with Crippen molar-refractivity contribution in [2.24, 2.45) is 5.92 Å². The molecule has 0 saturated heterocycles. The molecule has 0 spiro atoms. The molecule has 1 aromatic heterocycles. The van der Waals surface area contributed by atoms with Crippen molar-refractivity contribution < 1.29 is 24.0 Å². The third kappa shape index (κ3) is 6.95. The van der Waals surface area contributed by atoms with Gasteiger partial charge in [0.1, 0.15) is 5.00 Å². The first-order valence-electron chi connectivity index (χ1n) is 9.48. The second-order valence-electron chi connectivity index (χ2n) is 7.48. The van der Waals surface area contributed by atoms with Gasteiger partial charge < -0.3 is 20.3 Å². The molecular weight excluding hydrogens is 366 g/mol. The molecule has 2 rings (SSSR count). The Morgan fingerprint density at radius 3 is 2.52 bits per heavy atom. The summed E-state index contributed by atoms with van der Waals surface area (Å²) < 4.78 is 5.17. The Morgan fingerprint density at radius 1 is 1.26 bits per heavy atom. The minimum atomic E-state index is -0.408. The van der Waals surface area contributed by atoms with E-state index in [1.165, 1.54) is 11.3 Å². The molecule has 0 aromatic carbocycles. The number of rotatable bonds is 10. The van der Waals surface area contributed by atoms with E-state index in [0.29, 0.717) is 22.5 Å². The third-order valence-electron chi connectivity index (χ3n) is 4.10. The topological polar surface area (TPSA) is 88.9 Å². The molecule has 8 heteroatoms. The van der Waals surface area contributed by atoms with E-state index in [4.69, 9.17) is 4.74 Å². The Hall–Kier alpha value is -1.93. The minimum absolute atomic E-state index is 0.0367. The second kappa shape index (κ2) is 9.85. The van der Waals surface area contributed by atoms with E-state index < -0.39 is 5.97 Å². The van der Waals surface area contributed by atoms with Crippen LogP contribution in [-0.4, -0.2) is 50.6 Å². The first-order valence-corrected chi connectivity index (χ1v) is 10.4. The Kier molecular flexibility index (Phi) is 7.79. The molecule has 1 aliphatic carbocycles. The van der Waals surface area contributed by atoms with Crippen molar-refractivity contribution >= 4 is 34.1 Å². The fourth-order valence-corrected chi connectivity index (χ4v) is 3.77. The summed E-state index contributed by atoms with van der Waals surface area (Å²) in [4.78, 5) is 37.4. The lowest BCUT2D eigenvalue weighted by Gasteiger charge is -2.14. The molecule has 0 radical (unpaired) electrons. The normalized spacial score (nSPS) is 14.7. The van der Waals surface area contributed by atoms with Crippen molar-refractivity contribution in [2.75, 3.05) is 32.1 Å². The van der Waals surface area contributed by atoms with E-state index in [-0.39, 0.29) is 31.5 Å². The van der Waals surface area contributed by atoms with E-state index in [1.807, 2.05) is 5.38 Å². The van der Waals surface area contributed by atoms with E-state index in [0.717, 1.165) is 29.7 Å². The molecule has 3 N–H and O–H groups in total. The summed E-state index contributed by atoms with van der Waals surface area (Å²) in [6.07, 6.45) is 2.82. The lowest BCUT2D eigenvalue weighted by molar-refractivity contribution is -0.862. The van der Waals surface area contributed by atoms with E-state index in [2.05, 4.69) is 24.5 Å². The molecule has 1 saturated carbocycles. The molecule has 7 nitrogen and oxygen atoms in total. The van der Waals surface area contributed by atoms with Gasteiger partial charge in [-0.3, -0.25) is 9.59 Å². The van der Waals surface area contributed by atoms with Crippen LogP contribution in [0.3, 0.4) is 0 Å². The summed E-state index contributed by atoms with van der Waals surface area (Å²) in [5.74, 6) is -0.285. The van der Waals surface area contributed by atoms with Gasteiger partial charge in [-0.1, -0.05) is 13.8 Å². The number of carbonyl (C=O) groups excluding carboxylic acids is 3. The first kappa shape index (κ1) is 21.4. The van der Waals surface area contributed by atoms with Gasteiger partial charge >= 0.3 is 5.97 Å². The van der Waals surface area contributed by atoms with Crippen LogP contribution in [0.25, 0.3) is 0 Å². The number of amides is 2. The van der Waals surface area contributed by atoms with E-state index in [1.54, 1.807) is 14.0 Å². The van der Waals surface area contributed by atoms with Gasteiger partial charge in [0.25, 0.3) is 11.8 Å². The SMILES string of the molecule is CCOC(=O)c1c(CC(C)C)csc1NC(=O)C[NH+](C)CC(=O)NC1CC1. The van der Waals surface area contributed by atoms with Crippen LogP contribution < -0.4 is 15.5 Å². The number of likely N-dealkylation sites (N-methyl/N-ethyl adjacent to an activating group) is 1. The number of anilines is 1. The number of ether oxygens (including phenoxy) is 1. The van der Waals surface area contributed by atoms with Gasteiger partial charge in [0.2, 0.25) is 0 Å². The minimum Gasteiger partial charge on any atom is -0.462 e. The predicted molar refractivity (Wildman–Crippen MR) is 105 cm³/mol. The molecule has 0 bridgehead atoms. The van der Waals surface area contributed by atoms with Gasteiger partial charge in [-0.2, -0.15) is 0 Å². The van der Waals surface area contributed by atoms with Crippen LogP contribution in [0, 0.1) is 5.92 Å². The first-order chi connectivity index (χ1) is 12.8. The van der Waals surface area contributed by atoms with Crippen molar-refractivity contribution in [2.45, 2.75) is 46.1 Å². The Morgan fingerprint density at radius 2 is 1.93 bits per heavy atom. The van der Waals surface area contributed by atoms with E-state index in [9.17, 15) is 14.4 Å². The average Bonchev–Trinajstić information content (AvgIpc) is 3.27. The molecule has 1 heterocycles. The Labute approximate surface area is 164 Å². The summed E-state index contributed by atoms with van der Waals surface area (Å²) in [5, 5.41) is 8.17. The quantitative estimate of drug-likeness (QED) is 0.512. The summed E-state index contributed by atoms with van der Waals surface area (Å²) >= 11 is 1.34. The molecule has 150 valence electrons. The maximum Gasteiger partial charge on any atom is 0.341 e. The number of nitrogens with one attached hydrogen (secondary N) is 3. The van der Waals surface area contributed by atoms with Crippen molar-refractivity contribution in [3.05, 3.63) is 16.5 Å². The summed E-state index contributed by atoms with van der Waals surface area (Å²) in [7, 11) is 1.80. The van der Waals surface area contributed by atoms with Crippen LogP contribution in [0.4, 0.5) is 5.00 Å². The zero-order valence-corrected chi connectivity index (χ0v) is 17.3. The van der Waals surface area contributed by atoms with Crippen molar-refractivity contribution in [1.29, 1.82) is 0 Å². The molecule has 1 unspecified atom stereocenters. The van der Waals surface area contributed by atoms with Crippen LogP contribution >= 0.6 is 11.3 Å². The molecular formula is C19H30N3O4S+. The van der Waals surface area contributed by atoms with Gasteiger partial charge in [-0.15, -0.1) is 11.3 Å². The lowest BCUT2D eigenvalue weighted by atomic mass is 10.0. The van der Waals surface area contributed by atoms with Crippen LogP contribution in [0.5, 0.6) is 0 Å². The van der Waals surface area contributed by atoms with Crippen LogP contribution in [0.2, 0.25) is 0 Å². The van der Waals surface area contributed by atoms with Gasteiger partial charge in [0, 0.05) is 6.04 Å². The highest BCUT2D eigenvalue weighted by Gasteiger charge is 2.26. The van der Waals surface area contributed by atoms with Gasteiger partial charge in [-0.05, 0) is 43.0 Å². The fraction of sp³-hybridized carbons (Fsp3) is 0.632. The average molecular weight is 397 g/mol. The zero-order chi connectivity index (χ0) is 20.0. The zero-order valence-electron chi connectivity index (χ0n) is 16.5. The number of carbonyl (C=O) groups is 3. The standard InChI is InChI=1S/C19H29N3O4S/c1-5-26-19(25)17-13(8-12(2)3)11-27-18(17)21-16(24)10-22(4)9-15(23)20-14-6-7-14/h11-12,14H,5-10H2,1-4H3,(H,20,23)(H,21,24)/p+1. The molecule has 0 aliphatic heterocycles. The maximum atomic E-state index is 12.4. The number of hydrogen-bond donors (Lipinski definition) is 3. The molecule has 2 amide bonds. The summed E-state index contributed by atoms with van der Waals surface area (Å²) in [6.45, 7) is 6.60. The second-order valence-corrected chi connectivity index (χ2v) is 8.36. The van der Waals surface area contributed by atoms with Crippen molar-refractivity contribution in [1.82, 2.24) is 5.32 Å². The largest absolute Gasteiger partial charge is 0.462 e. The predicted octanol–water partition coefficient (Wildman–Crippen LogP) is 0.855. The van der Waals surface area contributed by atoms with Crippen LogP contribution in [-0.2, 0) is 20.7 Å². The van der Waals surface area contributed by atoms with Crippen molar-refractivity contribution in [3.63, 3.8) is 0 Å². The highest BCUT2D eigenvalue weighted by Crippen LogP contribution is 2.30. The third-order valence-corrected chi connectivity index (χ3v) is 5.04. The Balaban J connectivity index is 1.97. The fourth-order valence-electron chi connectivity index (χ4n) is 2.79. The Bertz CT molecular complexity index is 682. The maximum absolute atomic E-state index is 12.4. The lowest BCUT2D eigenvalue weighted by Crippen LogP contribution is -3.11.